The Bertz CT molecular complexity index is 1490. The number of hydrogen-bond donors (Lipinski definition) is 2. The summed E-state index contributed by atoms with van der Waals surface area (Å²) in [4.78, 5) is 31.2. The van der Waals surface area contributed by atoms with Crippen molar-refractivity contribution in [2.45, 2.75) is 0 Å². The number of halogens is 1. The summed E-state index contributed by atoms with van der Waals surface area (Å²) in [7, 11) is 5.31. The molecule has 34 heavy (non-hydrogen) atoms. The molecule has 0 radical (unpaired) electrons. The average molecular weight is 455 g/mol. The molecule has 7 nitrogen and oxygen atoms in total. The van der Waals surface area contributed by atoms with Crippen molar-refractivity contribution in [1.29, 1.82) is 0 Å². The summed E-state index contributed by atoms with van der Waals surface area (Å²) >= 11 is 0. The quantitative estimate of drug-likeness (QED) is 0.449. The van der Waals surface area contributed by atoms with E-state index < -0.39 is 5.82 Å². The van der Waals surface area contributed by atoms with Crippen LogP contribution in [0.5, 0.6) is 0 Å². The van der Waals surface area contributed by atoms with Gasteiger partial charge in [0.2, 0.25) is 0 Å². The molecule has 1 aliphatic rings. The number of carbonyl (C=O) groups excluding carboxylic acids is 2. The van der Waals surface area contributed by atoms with Crippen molar-refractivity contribution in [3.8, 4) is 0 Å². The van der Waals surface area contributed by atoms with Crippen molar-refractivity contribution in [3.05, 3.63) is 89.5 Å². The van der Waals surface area contributed by atoms with Gasteiger partial charge in [-0.1, -0.05) is 6.07 Å². The van der Waals surface area contributed by atoms with Gasteiger partial charge in [-0.3, -0.25) is 9.59 Å². The molecule has 0 fully saturated rings. The number of nitrogens with zero attached hydrogens (tertiary/aromatic N) is 3. The largest absolute Gasteiger partial charge is 0.354 e. The maximum Gasteiger partial charge on any atom is 0.258 e. The van der Waals surface area contributed by atoms with E-state index in [1.54, 1.807) is 50.8 Å². The van der Waals surface area contributed by atoms with Crippen LogP contribution >= 0.6 is 0 Å². The molecule has 170 valence electrons. The highest BCUT2D eigenvalue weighted by Gasteiger charge is 2.29. The molecule has 2 heterocycles. The summed E-state index contributed by atoms with van der Waals surface area (Å²) in [6, 6.07) is 17.0. The van der Waals surface area contributed by atoms with Crippen molar-refractivity contribution < 1.29 is 14.0 Å². The lowest BCUT2D eigenvalue weighted by Crippen LogP contribution is -2.21. The van der Waals surface area contributed by atoms with Crippen LogP contribution in [0.15, 0.2) is 67.0 Å². The first-order valence-electron chi connectivity index (χ1n) is 10.7. The second-order valence-corrected chi connectivity index (χ2v) is 8.35. The highest BCUT2D eigenvalue weighted by molar-refractivity contribution is 6.37. The Kier molecular flexibility index (Phi) is 5.13. The minimum Gasteiger partial charge on any atom is -0.354 e. The lowest BCUT2D eigenvalue weighted by molar-refractivity contribution is -0.110. The van der Waals surface area contributed by atoms with Crippen LogP contribution < -0.4 is 10.6 Å². The molecule has 3 aromatic carbocycles. The number of imidazole rings is 1. The molecule has 8 heteroatoms. The van der Waals surface area contributed by atoms with Crippen molar-refractivity contribution >= 4 is 45.5 Å². The molecule has 0 saturated carbocycles. The first kappa shape index (κ1) is 21.4. The highest BCUT2D eigenvalue weighted by atomic mass is 19.1. The van der Waals surface area contributed by atoms with Crippen LogP contribution in [0.2, 0.25) is 0 Å². The lowest BCUT2D eigenvalue weighted by atomic mass is 9.99. The van der Waals surface area contributed by atoms with Gasteiger partial charge in [0.05, 0.1) is 34.3 Å². The molecule has 4 aromatic rings. The summed E-state index contributed by atoms with van der Waals surface area (Å²) in [6.45, 7) is 0. The van der Waals surface area contributed by atoms with E-state index >= 15 is 0 Å². The molecule has 0 unspecified atom stereocenters. The maximum absolute atomic E-state index is 13.8. The number of carbonyl (C=O) groups is 2. The van der Waals surface area contributed by atoms with Gasteiger partial charge in [-0.15, -0.1) is 0 Å². The summed E-state index contributed by atoms with van der Waals surface area (Å²) in [5, 5.41) is 6.11. The van der Waals surface area contributed by atoms with Gasteiger partial charge in [-0.05, 0) is 54.6 Å². The first-order chi connectivity index (χ1) is 16.3. The zero-order valence-electron chi connectivity index (χ0n) is 18.9. The number of fused-ring (bicyclic) bond motifs is 2. The van der Waals surface area contributed by atoms with Crippen molar-refractivity contribution in [3.63, 3.8) is 0 Å². The van der Waals surface area contributed by atoms with Gasteiger partial charge in [0.1, 0.15) is 5.82 Å². The van der Waals surface area contributed by atoms with Gasteiger partial charge in [0.15, 0.2) is 0 Å². The molecule has 1 aromatic heterocycles. The fourth-order valence-electron chi connectivity index (χ4n) is 4.06. The monoisotopic (exact) mass is 455 g/mol. The number of nitrogens with one attached hydrogen (secondary N) is 2. The van der Waals surface area contributed by atoms with Gasteiger partial charge in [0, 0.05) is 43.5 Å². The zero-order valence-corrected chi connectivity index (χ0v) is 18.9. The number of aryl methyl sites for hydroxylation is 1. The molecule has 2 N–H and O–H groups in total. The Morgan fingerprint density at radius 3 is 2.50 bits per heavy atom. The maximum atomic E-state index is 13.8. The minimum absolute atomic E-state index is 0.100. The molecule has 0 bridgehead atoms. The summed E-state index contributed by atoms with van der Waals surface area (Å²) in [5.74, 6) is -0.855. The summed E-state index contributed by atoms with van der Waals surface area (Å²) < 4.78 is 15.7. The third-order valence-corrected chi connectivity index (χ3v) is 5.80. The number of amides is 2. The SMILES string of the molecule is CN(C)C(=O)c1ccc(N/C(=C2\C(=O)Nc3cc(F)ccc32)c2ccc3c(c2)ncn3C)cc1. The Labute approximate surface area is 195 Å². The molecular formula is C26H22FN5O2. The van der Waals surface area contributed by atoms with Crippen molar-refractivity contribution in [2.24, 2.45) is 7.05 Å². The zero-order chi connectivity index (χ0) is 24.0. The van der Waals surface area contributed by atoms with Crippen LogP contribution in [-0.2, 0) is 11.8 Å². The van der Waals surface area contributed by atoms with E-state index in [0.717, 1.165) is 16.6 Å². The number of aromatic nitrogens is 2. The number of anilines is 2. The standard InChI is InChI=1S/C26H22FN5O2/c1-31(2)26(34)15-4-8-18(9-5-15)29-24(16-6-11-22-21(12-16)28-14-32(22)3)23-19-10-7-17(27)13-20(19)30-25(23)33/h4-14,29H,1-3H3,(H,30,33)/b24-23-. The average Bonchev–Trinajstić information content (AvgIpc) is 3.35. The van der Waals surface area contributed by atoms with Crippen molar-refractivity contribution in [1.82, 2.24) is 14.5 Å². The Balaban J connectivity index is 1.64. The van der Waals surface area contributed by atoms with Crippen LogP contribution in [0, 0.1) is 5.82 Å². The van der Waals surface area contributed by atoms with E-state index in [0.29, 0.717) is 33.8 Å². The predicted octanol–water partition coefficient (Wildman–Crippen LogP) is 4.35. The molecule has 0 spiro atoms. The van der Waals surface area contributed by atoms with E-state index in [4.69, 9.17) is 0 Å². The molecule has 1 aliphatic heterocycles. The fraction of sp³-hybridized carbons (Fsp3) is 0.115. The summed E-state index contributed by atoms with van der Waals surface area (Å²) in [6.07, 6.45) is 1.73. The van der Waals surface area contributed by atoms with Crippen LogP contribution in [-0.4, -0.2) is 40.4 Å². The minimum atomic E-state index is -0.425. The molecule has 0 saturated heterocycles. The van der Waals surface area contributed by atoms with Crippen LogP contribution in [0.25, 0.3) is 22.3 Å². The second-order valence-electron chi connectivity index (χ2n) is 8.35. The van der Waals surface area contributed by atoms with Gasteiger partial charge < -0.3 is 20.1 Å². The fourth-order valence-corrected chi connectivity index (χ4v) is 4.06. The van der Waals surface area contributed by atoms with E-state index in [2.05, 4.69) is 15.6 Å². The van der Waals surface area contributed by atoms with E-state index in [9.17, 15) is 14.0 Å². The third-order valence-electron chi connectivity index (χ3n) is 5.80. The molecule has 0 aliphatic carbocycles. The smallest absolute Gasteiger partial charge is 0.258 e. The molecule has 5 rings (SSSR count). The highest BCUT2D eigenvalue weighted by Crippen LogP contribution is 2.38. The van der Waals surface area contributed by atoms with Crippen molar-refractivity contribution in [2.75, 3.05) is 24.7 Å². The number of rotatable bonds is 4. The Morgan fingerprint density at radius 1 is 1.03 bits per heavy atom. The number of hydrogen-bond acceptors (Lipinski definition) is 4. The van der Waals surface area contributed by atoms with Crippen LogP contribution in [0.1, 0.15) is 21.5 Å². The normalized spacial score (nSPS) is 14.1. The van der Waals surface area contributed by atoms with E-state index in [-0.39, 0.29) is 11.8 Å². The Morgan fingerprint density at radius 2 is 1.76 bits per heavy atom. The lowest BCUT2D eigenvalue weighted by Gasteiger charge is -2.16. The summed E-state index contributed by atoms with van der Waals surface area (Å²) in [5.41, 5.74) is 5.73. The third kappa shape index (κ3) is 3.69. The van der Waals surface area contributed by atoms with Crippen LogP contribution in [0.4, 0.5) is 15.8 Å². The second kappa shape index (κ2) is 8.15. The van der Waals surface area contributed by atoms with E-state index in [1.807, 2.05) is 29.8 Å². The molecule has 0 atom stereocenters. The van der Waals surface area contributed by atoms with Gasteiger partial charge in [-0.2, -0.15) is 0 Å². The predicted molar refractivity (Wildman–Crippen MR) is 131 cm³/mol. The van der Waals surface area contributed by atoms with E-state index in [1.165, 1.54) is 17.0 Å². The van der Waals surface area contributed by atoms with Gasteiger partial charge >= 0.3 is 0 Å². The van der Waals surface area contributed by atoms with Gasteiger partial charge in [0.25, 0.3) is 11.8 Å². The molecule has 2 amide bonds. The first-order valence-corrected chi connectivity index (χ1v) is 10.7. The van der Waals surface area contributed by atoms with Gasteiger partial charge in [-0.25, -0.2) is 9.37 Å². The van der Waals surface area contributed by atoms with Crippen LogP contribution in [0.3, 0.4) is 0 Å². The Hall–Kier alpha value is -4.46. The number of benzene rings is 3. The molecular weight excluding hydrogens is 433 g/mol. The topological polar surface area (TPSA) is 79.3 Å².